The normalized spacial score (nSPS) is 17.5. The summed E-state index contributed by atoms with van der Waals surface area (Å²) < 4.78 is 0. The van der Waals surface area contributed by atoms with Crippen molar-refractivity contribution >= 4 is 0 Å². The fourth-order valence-corrected chi connectivity index (χ4v) is 2.06. The molecule has 1 saturated carbocycles. The zero-order valence-electron chi connectivity index (χ0n) is 12.3. The first kappa shape index (κ1) is 14.7. The highest BCUT2D eigenvalue weighted by atomic mass is 15.2. The molecule has 1 N–H and O–H groups in total. The van der Waals surface area contributed by atoms with Crippen molar-refractivity contribution in [2.75, 3.05) is 19.6 Å². The van der Waals surface area contributed by atoms with Crippen molar-refractivity contribution in [1.29, 1.82) is 0 Å². The third-order valence-electron chi connectivity index (χ3n) is 3.16. The molecule has 0 aromatic heterocycles. The van der Waals surface area contributed by atoms with Gasteiger partial charge in [0.15, 0.2) is 0 Å². The average molecular weight is 238 g/mol. The summed E-state index contributed by atoms with van der Waals surface area (Å²) in [6, 6.07) is 0.821. The van der Waals surface area contributed by atoms with Crippen LogP contribution in [-0.2, 0) is 0 Å². The molecule has 1 aliphatic rings. The number of nitrogens with zero attached hydrogens (tertiary/aromatic N) is 1. The van der Waals surface area contributed by atoms with E-state index in [1.807, 2.05) is 6.08 Å². The van der Waals surface area contributed by atoms with Crippen molar-refractivity contribution in [3.05, 3.63) is 12.7 Å². The number of hydrogen-bond acceptors (Lipinski definition) is 2. The van der Waals surface area contributed by atoms with Crippen LogP contribution in [0.4, 0.5) is 0 Å². The molecule has 2 nitrogen and oxygen atoms in total. The molecule has 0 radical (unpaired) electrons. The van der Waals surface area contributed by atoms with Gasteiger partial charge in [0, 0.05) is 31.2 Å². The van der Waals surface area contributed by atoms with Crippen LogP contribution < -0.4 is 5.32 Å². The van der Waals surface area contributed by atoms with Gasteiger partial charge in [0.05, 0.1) is 0 Å². The van der Waals surface area contributed by atoms with E-state index in [0.717, 1.165) is 25.7 Å². The molecule has 1 aliphatic carbocycles. The quantitative estimate of drug-likeness (QED) is 0.686. The van der Waals surface area contributed by atoms with Gasteiger partial charge in [-0.1, -0.05) is 19.9 Å². The molecule has 0 unspecified atom stereocenters. The van der Waals surface area contributed by atoms with Gasteiger partial charge in [-0.3, -0.25) is 4.90 Å². The highest BCUT2D eigenvalue weighted by Crippen LogP contribution is 2.30. The Morgan fingerprint density at radius 1 is 1.24 bits per heavy atom. The van der Waals surface area contributed by atoms with Crippen LogP contribution in [-0.4, -0.2) is 36.1 Å². The van der Waals surface area contributed by atoms with Gasteiger partial charge in [-0.05, 0) is 39.0 Å². The Hall–Kier alpha value is -0.340. The predicted octanol–water partition coefficient (Wildman–Crippen LogP) is 3.05. The van der Waals surface area contributed by atoms with Gasteiger partial charge in [-0.25, -0.2) is 0 Å². The van der Waals surface area contributed by atoms with Crippen LogP contribution in [0.2, 0.25) is 0 Å². The number of nitrogens with one attached hydrogen (secondary N) is 1. The first-order valence-corrected chi connectivity index (χ1v) is 6.83. The minimum Gasteiger partial charge on any atom is -0.311 e. The van der Waals surface area contributed by atoms with Crippen LogP contribution in [0.15, 0.2) is 12.7 Å². The summed E-state index contributed by atoms with van der Waals surface area (Å²) in [5, 5.41) is 3.62. The van der Waals surface area contributed by atoms with Gasteiger partial charge in [0.1, 0.15) is 0 Å². The summed E-state index contributed by atoms with van der Waals surface area (Å²) in [5.74, 6) is 0. The summed E-state index contributed by atoms with van der Waals surface area (Å²) in [7, 11) is 0. The van der Waals surface area contributed by atoms with Gasteiger partial charge < -0.3 is 5.32 Å². The third kappa shape index (κ3) is 6.23. The van der Waals surface area contributed by atoms with Gasteiger partial charge >= 0.3 is 0 Å². The van der Waals surface area contributed by atoms with Gasteiger partial charge in [0.2, 0.25) is 0 Å². The standard InChI is InChI=1S/C15H30N2/c1-7-10-17(13-8-9-13)12-15(5,6)11-16-14(2,3)4/h7,13,16H,1,8-12H2,2-6H3. The molecule has 100 valence electrons. The Kier molecular flexibility index (Phi) is 4.79. The highest BCUT2D eigenvalue weighted by molar-refractivity contribution is 4.91. The molecular formula is C15H30N2. The highest BCUT2D eigenvalue weighted by Gasteiger charge is 2.32. The molecule has 0 amide bonds. The third-order valence-corrected chi connectivity index (χ3v) is 3.16. The molecule has 1 fully saturated rings. The van der Waals surface area contributed by atoms with Crippen molar-refractivity contribution in [3.63, 3.8) is 0 Å². The predicted molar refractivity (Wildman–Crippen MR) is 76.3 cm³/mol. The first-order valence-electron chi connectivity index (χ1n) is 6.83. The van der Waals surface area contributed by atoms with Crippen LogP contribution in [0.3, 0.4) is 0 Å². The molecule has 0 bridgehead atoms. The molecule has 0 aromatic rings. The monoisotopic (exact) mass is 238 g/mol. The molecular weight excluding hydrogens is 208 g/mol. The number of hydrogen-bond donors (Lipinski definition) is 1. The zero-order valence-corrected chi connectivity index (χ0v) is 12.3. The van der Waals surface area contributed by atoms with Crippen molar-refractivity contribution in [3.8, 4) is 0 Å². The first-order chi connectivity index (χ1) is 7.73. The Labute approximate surface area is 107 Å². The van der Waals surface area contributed by atoms with Crippen LogP contribution in [0.5, 0.6) is 0 Å². The van der Waals surface area contributed by atoms with Gasteiger partial charge in [0.25, 0.3) is 0 Å². The molecule has 0 aromatic carbocycles. The lowest BCUT2D eigenvalue weighted by atomic mass is 9.91. The molecule has 2 heteroatoms. The maximum absolute atomic E-state index is 3.87. The summed E-state index contributed by atoms with van der Waals surface area (Å²) in [6.07, 6.45) is 4.78. The smallest absolute Gasteiger partial charge is 0.0163 e. The zero-order chi connectivity index (χ0) is 13.1. The Morgan fingerprint density at radius 3 is 2.24 bits per heavy atom. The van der Waals surface area contributed by atoms with Gasteiger partial charge in [-0.2, -0.15) is 0 Å². The van der Waals surface area contributed by atoms with Gasteiger partial charge in [-0.15, -0.1) is 6.58 Å². The van der Waals surface area contributed by atoms with E-state index < -0.39 is 0 Å². The molecule has 0 heterocycles. The van der Waals surface area contributed by atoms with E-state index in [1.54, 1.807) is 0 Å². The maximum atomic E-state index is 3.87. The van der Waals surface area contributed by atoms with Crippen LogP contribution in [0, 0.1) is 5.41 Å². The topological polar surface area (TPSA) is 15.3 Å². The summed E-state index contributed by atoms with van der Waals surface area (Å²) in [6.45, 7) is 18.5. The number of rotatable bonds is 7. The van der Waals surface area contributed by atoms with E-state index in [0.29, 0.717) is 5.41 Å². The summed E-state index contributed by atoms with van der Waals surface area (Å²) >= 11 is 0. The van der Waals surface area contributed by atoms with E-state index in [2.05, 4.69) is 51.4 Å². The van der Waals surface area contributed by atoms with E-state index in [-0.39, 0.29) is 5.54 Å². The summed E-state index contributed by atoms with van der Waals surface area (Å²) in [4.78, 5) is 2.58. The lowest BCUT2D eigenvalue weighted by molar-refractivity contribution is 0.171. The van der Waals surface area contributed by atoms with Crippen LogP contribution in [0.1, 0.15) is 47.5 Å². The van der Waals surface area contributed by atoms with Crippen molar-refractivity contribution < 1.29 is 0 Å². The second-order valence-corrected chi connectivity index (χ2v) is 7.22. The Balaban J connectivity index is 2.42. The fraction of sp³-hybridized carbons (Fsp3) is 0.867. The molecule has 0 atom stereocenters. The fourth-order valence-electron chi connectivity index (χ4n) is 2.06. The Bertz CT molecular complexity index is 246. The van der Waals surface area contributed by atoms with Crippen LogP contribution in [0.25, 0.3) is 0 Å². The molecule has 17 heavy (non-hydrogen) atoms. The Morgan fingerprint density at radius 2 is 1.82 bits per heavy atom. The van der Waals surface area contributed by atoms with E-state index in [9.17, 15) is 0 Å². The maximum Gasteiger partial charge on any atom is 0.0163 e. The lowest BCUT2D eigenvalue weighted by Gasteiger charge is -2.35. The second kappa shape index (κ2) is 5.53. The largest absolute Gasteiger partial charge is 0.311 e. The molecule has 0 spiro atoms. The molecule has 1 rings (SSSR count). The van der Waals surface area contributed by atoms with Crippen molar-refractivity contribution in [1.82, 2.24) is 10.2 Å². The average Bonchev–Trinajstić information content (AvgIpc) is 2.96. The van der Waals surface area contributed by atoms with E-state index >= 15 is 0 Å². The van der Waals surface area contributed by atoms with E-state index in [1.165, 1.54) is 12.8 Å². The second-order valence-electron chi connectivity index (χ2n) is 7.22. The lowest BCUT2D eigenvalue weighted by Crippen LogP contribution is -2.46. The van der Waals surface area contributed by atoms with Crippen molar-refractivity contribution in [2.24, 2.45) is 5.41 Å². The van der Waals surface area contributed by atoms with Crippen LogP contribution >= 0.6 is 0 Å². The molecule has 0 aliphatic heterocycles. The minimum atomic E-state index is 0.208. The van der Waals surface area contributed by atoms with E-state index in [4.69, 9.17) is 0 Å². The minimum absolute atomic E-state index is 0.208. The van der Waals surface area contributed by atoms with Crippen molar-refractivity contribution in [2.45, 2.75) is 59.0 Å². The SMILES string of the molecule is C=CCN(CC(C)(C)CNC(C)(C)C)C1CC1. The summed E-state index contributed by atoms with van der Waals surface area (Å²) in [5.41, 5.74) is 0.527. The molecule has 0 saturated heterocycles.